The molecule has 0 aliphatic heterocycles. The summed E-state index contributed by atoms with van der Waals surface area (Å²) in [5, 5.41) is 22.4. The molecule has 0 aromatic heterocycles. The van der Waals surface area contributed by atoms with Crippen LogP contribution in [0.5, 0.6) is 11.5 Å². The first-order valence-corrected chi connectivity index (χ1v) is 9.26. The van der Waals surface area contributed by atoms with E-state index in [4.69, 9.17) is 23.2 Å². The van der Waals surface area contributed by atoms with Crippen molar-refractivity contribution in [3.8, 4) is 22.6 Å². The second-order valence-corrected chi connectivity index (χ2v) is 7.00. The fraction of sp³-hybridized carbons (Fsp3) is 0.400. The lowest BCUT2D eigenvalue weighted by Crippen LogP contribution is -1.93. The van der Waals surface area contributed by atoms with Gasteiger partial charge in [0.15, 0.2) is 0 Å². The molecular formula is C20H24Cl2O2. The van der Waals surface area contributed by atoms with Gasteiger partial charge in [-0.25, -0.2) is 0 Å². The molecule has 0 fully saturated rings. The van der Waals surface area contributed by atoms with Gasteiger partial charge in [0, 0.05) is 21.2 Å². The topological polar surface area (TPSA) is 40.5 Å². The quantitative estimate of drug-likeness (QED) is 0.568. The van der Waals surface area contributed by atoms with Crippen molar-refractivity contribution in [2.24, 2.45) is 0 Å². The maximum absolute atomic E-state index is 10.7. The Bertz CT molecular complexity index is 650. The summed E-state index contributed by atoms with van der Waals surface area (Å²) in [6.45, 7) is 4.20. The minimum atomic E-state index is 0.173. The van der Waals surface area contributed by atoms with Crippen molar-refractivity contribution in [2.45, 2.75) is 52.4 Å². The fourth-order valence-corrected chi connectivity index (χ4v) is 3.32. The molecule has 0 aliphatic rings. The Balaban J connectivity index is 2.55. The summed E-state index contributed by atoms with van der Waals surface area (Å²) in [6.07, 6.45) is 5.50. The first-order chi connectivity index (χ1) is 11.5. The second kappa shape index (κ2) is 8.64. The zero-order valence-electron chi connectivity index (χ0n) is 14.2. The number of aryl methyl sites for hydroxylation is 2. The highest BCUT2D eigenvalue weighted by Crippen LogP contribution is 2.42. The first kappa shape index (κ1) is 19.0. The minimum Gasteiger partial charge on any atom is -0.507 e. The van der Waals surface area contributed by atoms with Gasteiger partial charge < -0.3 is 10.2 Å². The lowest BCUT2D eigenvalue weighted by Gasteiger charge is -2.15. The van der Waals surface area contributed by atoms with E-state index in [-0.39, 0.29) is 11.5 Å². The van der Waals surface area contributed by atoms with Crippen LogP contribution >= 0.6 is 23.2 Å². The molecule has 0 atom stereocenters. The van der Waals surface area contributed by atoms with Gasteiger partial charge in [0.2, 0.25) is 0 Å². The van der Waals surface area contributed by atoms with Gasteiger partial charge in [0.25, 0.3) is 0 Å². The SMILES string of the molecule is CCCCc1cc(Cl)cc(-c2cc(Cl)cc(CCCC)c2O)c1O. The van der Waals surface area contributed by atoms with Crippen LogP contribution < -0.4 is 0 Å². The van der Waals surface area contributed by atoms with Gasteiger partial charge in [0.1, 0.15) is 11.5 Å². The van der Waals surface area contributed by atoms with Crippen LogP contribution in [-0.2, 0) is 12.8 Å². The predicted octanol–water partition coefficient (Wildman–Crippen LogP) is 6.76. The molecule has 24 heavy (non-hydrogen) atoms. The van der Waals surface area contributed by atoms with E-state index >= 15 is 0 Å². The Labute approximate surface area is 154 Å². The number of unbranched alkanes of at least 4 members (excludes halogenated alkanes) is 2. The molecule has 2 nitrogen and oxygen atoms in total. The van der Waals surface area contributed by atoms with E-state index in [0.717, 1.165) is 49.7 Å². The summed E-state index contributed by atoms with van der Waals surface area (Å²) in [5.41, 5.74) is 2.67. The summed E-state index contributed by atoms with van der Waals surface area (Å²) in [5.74, 6) is 0.346. The molecule has 2 rings (SSSR count). The highest BCUT2D eigenvalue weighted by molar-refractivity contribution is 6.31. The zero-order chi connectivity index (χ0) is 17.7. The smallest absolute Gasteiger partial charge is 0.126 e. The summed E-state index contributed by atoms with van der Waals surface area (Å²) in [6, 6.07) is 6.94. The van der Waals surface area contributed by atoms with Gasteiger partial charge in [-0.15, -0.1) is 0 Å². The first-order valence-electron chi connectivity index (χ1n) is 8.51. The Morgan fingerprint density at radius 3 is 1.42 bits per heavy atom. The number of halogens is 2. The van der Waals surface area contributed by atoms with Gasteiger partial charge in [-0.1, -0.05) is 49.9 Å². The Morgan fingerprint density at radius 1 is 0.708 bits per heavy atom. The number of rotatable bonds is 7. The molecule has 130 valence electrons. The average molecular weight is 367 g/mol. The lowest BCUT2D eigenvalue weighted by atomic mass is 9.95. The standard InChI is InChI=1S/C20H24Cl2O2/c1-3-5-7-13-9-15(21)11-17(19(13)23)18-12-16(22)10-14(20(18)24)8-6-4-2/h9-12,23-24H,3-8H2,1-2H3. The molecule has 0 heterocycles. The summed E-state index contributed by atoms with van der Waals surface area (Å²) in [7, 11) is 0. The van der Waals surface area contributed by atoms with Crippen molar-refractivity contribution in [2.75, 3.05) is 0 Å². The van der Waals surface area contributed by atoms with E-state index < -0.39 is 0 Å². The molecule has 2 aromatic rings. The fourth-order valence-electron chi connectivity index (χ4n) is 2.84. The molecule has 0 spiro atoms. The number of hydrogen-bond acceptors (Lipinski definition) is 2. The van der Waals surface area contributed by atoms with Crippen molar-refractivity contribution in [1.29, 1.82) is 0 Å². The monoisotopic (exact) mass is 366 g/mol. The highest BCUT2D eigenvalue weighted by Gasteiger charge is 2.17. The van der Waals surface area contributed by atoms with Crippen LogP contribution in [-0.4, -0.2) is 10.2 Å². The van der Waals surface area contributed by atoms with Crippen LogP contribution in [0.3, 0.4) is 0 Å². The van der Waals surface area contributed by atoms with Gasteiger partial charge >= 0.3 is 0 Å². The highest BCUT2D eigenvalue weighted by atomic mass is 35.5. The van der Waals surface area contributed by atoms with Crippen LogP contribution in [0, 0.1) is 0 Å². The van der Waals surface area contributed by atoms with Crippen LogP contribution in [0.25, 0.3) is 11.1 Å². The lowest BCUT2D eigenvalue weighted by molar-refractivity contribution is 0.461. The molecule has 4 heteroatoms. The van der Waals surface area contributed by atoms with Gasteiger partial charge in [-0.2, -0.15) is 0 Å². The molecule has 0 bridgehead atoms. The van der Waals surface area contributed by atoms with Crippen molar-refractivity contribution in [3.63, 3.8) is 0 Å². The van der Waals surface area contributed by atoms with E-state index in [1.54, 1.807) is 24.3 Å². The van der Waals surface area contributed by atoms with Crippen molar-refractivity contribution in [1.82, 2.24) is 0 Å². The molecule has 2 N–H and O–H groups in total. The normalized spacial score (nSPS) is 11.0. The average Bonchev–Trinajstić information content (AvgIpc) is 2.55. The minimum absolute atomic E-state index is 0.173. The Kier molecular flexibility index (Phi) is 6.82. The van der Waals surface area contributed by atoms with E-state index in [1.807, 2.05) is 0 Å². The molecule has 2 aromatic carbocycles. The Hall–Kier alpha value is -1.38. The number of aromatic hydroxyl groups is 2. The second-order valence-electron chi connectivity index (χ2n) is 6.13. The molecule has 0 amide bonds. The molecule has 0 saturated heterocycles. The Morgan fingerprint density at radius 2 is 1.08 bits per heavy atom. The summed E-state index contributed by atoms with van der Waals surface area (Å²) in [4.78, 5) is 0. The number of hydrogen-bond donors (Lipinski definition) is 2. The molecule has 0 saturated carbocycles. The van der Waals surface area contributed by atoms with Crippen LogP contribution in [0.1, 0.15) is 50.7 Å². The van der Waals surface area contributed by atoms with Gasteiger partial charge in [0.05, 0.1) is 0 Å². The van der Waals surface area contributed by atoms with Crippen molar-refractivity contribution >= 4 is 23.2 Å². The van der Waals surface area contributed by atoms with Crippen LogP contribution in [0.2, 0.25) is 10.0 Å². The van der Waals surface area contributed by atoms with Crippen LogP contribution in [0.4, 0.5) is 0 Å². The van der Waals surface area contributed by atoms with E-state index in [1.165, 1.54) is 0 Å². The third kappa shape index (κ3) is 4.37. The largest absolute Gasteiger partial charge is 0.507 e. The number of phenolic OH excluding ortho intramolecular Hbond substituents is 2. The van der Waals surface area contributed by atoms with Crippen LogP contribution in [0.15, 0.2) is 24.3 Å². The predicted molar refractivity (Wildman–Crippen MR) is 102 cm³/mol. The number of phenols is 2. The van der Waals surface area contributed by atoms with Gasteiger partial charge in [-0.05, 0) is 61.1 Å². The molecular weight excluding hydrogens is 343 g/mol. The van der Waals surface area contributed by atoms with Gasteiger partial charge in [-0.3, -0.25) is 0 Å². The maximum Gasteiger partial charge on any atom is 0.126 e. The van der Waals surface area contributed by atoms with E-state index in [2.05, 4.69) is 13.8 Å². The maximum atomic E-state index is 10.7. The van der Waals surface area contributed by atoms with E-state index in [9.17, 15) is 10.2 Å². The third-order valence-corrected chi connectivity index (χ3v) is 4.63. The molecule has 0 unspecified atom stereocenters. The molecule has 0 radical (unpaired) electrons. The molecule has 0 aliphatic carbocycles. The number of benzene rings is 2. The van der Waals surface area contributed by atoms with E-state index in [0.29, 0.717) is 21.2 Å². The third-order valence-electron chi connectivity index (χ3n) is 4.20. The summed E-state index contributed by atoms with van der Waals surface area (Å²) < 4.78 is 0. The van der Waals surface area contributed by atoms with Crippen molar-refractivity contribution in [3.05, 3.63) is 45.4 Å². The zero-order valence-corrected chi connectivity index (χ0v) is 15.7. The summed E-state index contributed by atoms with van der Waals surface area (Å²) >= 11 is 12.5. The van der Waals surface area contributed by atoms with Crippen molar-refractivity contribution < 1.29 is 10.2 Å².